The van der Waals surface area contributed by atoms with E-state index < -0.39 is 0 Å². The molecule has 0 aromatic heterocycles. The maximum atomic E-state index is 11.0. The minimum Gasteiger partial charge on any atom is -0.461 e. The molecule has 0 aromatic carbocycles. The van der Waals surface area contributed by atoms with Crippen molar-refractivity contribution in [3.05, 3.63) is 0 Å². The first-order valence-electron chi connectivity index (χ1n) is 4.01. The molecule has 1 saturated heterocycles. The molecule has 0 aliphatic carbocycles. The third-order valence-electron chi connectivity index (χ3n) is 2.05. The summed E-state index contributed by atoms with van der Waals surface area (Å²) < 4.78 is 5.55. The first-order valence-corrected chi connectivity index (χ1v) is 5.26. The largest absolute Gasteiger partial charge is 0.461 e. The van der Waals surface area contributed by atoms with Crippen LogP contribution >= 0.6 is 22.6 Å². The van der Waals surface area contributed by atoms with Gasteiger partial charge in [-0.15, -0.1) is 0 Å². The van der Waals surface area contributed by atoms with E-state index in [1.54, 1.807) is 0 Å². The molecule has 1 aliphatic rings. The zero-order valence-corrected chi connectivity index (χ0v) is 9.00. The number of cyclic esters (lactones) is 1. The van der Waals surface area contributed by atoms with Crippen molar-refractivity contribution >= 4 is 28.6 Å². The SMILES string of the molecule is CCC[C@@H]1OC(=O)[C@H](C)[C@H]1I. The Morgan fingerprint density at radius 3 is 2.64 bits per heavy atom. The number of ether oxygens (including phenoxy) is 1. The lowest BCUT2D eigenvalue weighted by atomic mass is 10.0. The molecule has 1 aliphatic heterocycles. The number of rotatable bonds is 2. The number of halogens is 1. The van der Waals surface area contributed by atoms with Crippen molar-refractivity contribution < 1.29 is 9.53 Å². The number of hydrogen-bond donors (Lipinski definition) is 0. The summed E-state index contributed by atoms with van der Waals surface area (Å²) in [4.78, 5) is 11.0. The van der Waals surface area contributed by atoms with Crippen LogP contribution in [0.3, 0.4) is 0 Å². The Balaban J connectivity index is 2.52. The van der Waals surface area contributed by atoms with Gasteiger partial charge in [-0.3, -0.25) is 4.79 Å². The molecule has 2 nitrogen and oxygen atoms in total. The Morgan fingerprint density at radius 2 is 2.27 bits per heavy atom. The van der Waals surface area contributed by atoms with Crippen LogP contribution in [-0.2, 0) is 9.53 Å². The second-order valence-electron chi connectivity index (χ2n) is 3.00. The highest BCUT2D eigenvalue weighted by atomic mass is 127. The molecule has 0 amide bonds. The molecule has 0 radical (unpaired) electrons. The van der Waals surface area contributed by atoms with Crippen LogP contribution < -0.4 is 0 Å². The van der Waals surface area contributed by atoms with Crippen LogP contribution in [0.25, 0.3) is 0 Å². The fourth-order valence-electron chi connectivity index (χ4n) is 1.28. The molecule has 11 heavy (non-hydrogen) atoms. The van der Waals surface area contributed by atoms with Crippen LogP contribution in [0.5, 0.6) is 0 Å². The van der Waals surface area contributed by atoms with E-state index in [9.17, 15) is 4.79 Å². The van der Waals surface area contributed by atoms with E-state index >= 15 is 0 Å². The summed E-state index contributed by atoms with van der Waals surface area (Å²) in [6.45, 7) is 4.05. The highest BCUT2D eigenvalue weighted by Gasteiger charge is 2.39. The number of carbonyl (C=O) groups is 1. The predicted octanol–water partition coefficient (Wildman–Crippen LogP) is 2.15. The Bertz CT molecular complexity index is 158. The van der Waals surface area contributed by atoms with E-state index in [1.165, 1.54) is 0 Å². The topological polar surface area (TPSA) is 26.3 Å². The number of alkyl halides is 1. The normalized spacial score (nSPS) is 37.4. The minimum absolute atomic E-state index is 0.0251. The average molecular weight is 268 g/mol. The fourth-order valence-corrected chi connectivity index (χ4v) is 2.08. The predicted molar refractivity (Wildman–Crippen MR) is 51.8 cm³/mol. The molecule has 0 N–H and O–H groups in total. The molecule has 3 heteroatoms. The van der Waals surface area contributed by atoms with Gasteiger partial charge in [0, 0.05) is 0 Å². The van der Waals surface area contributed by atoms with E-state index in [1.807, 2.05) is 6.92 Å². The van der Waals surface area contributed by atoms with Crippen LogP contribution in [-0.4, -0.2) is 16.0 Å². The van der Waals surface area contributed by atoms with E-state index in [2.05, 4.69) is 29.5 Å². The molecule has 0 saturated carbocycles. The van der Waals surface area contributed by atoms with Crippen molar-refractivity contribution in [1.82, 2.24) is 0 Å². The van der Waals surface area contributed by atoms with Gasteiger partial charge in [0.05, 0.1) is 9.84 Å². The first kappa shape index (κ1) is 9.29. The summed E-state index contributed by atoms with van der Waals surface area (Å²) in [5.41, 5.74) is 0. The highest BCUT2D eigenvalue weighted by Crippen LogP contribution is 2.30. The number of esters is 1. The maximum Gasteiger partial charge on any atom is 0.310 e. The molecule has 1 heterocycles. The molecule has 1 fully saturated rings. The molecule has 0 aromatic rings. The smallest absolute Gasteiger partial charge is 0.310 e. The quantitative estimate of drug-likeness (QED) is 0.436. The van der Waals surface area contributed by atoms with Crippen molar-refractivity contribution in [2.45, 2.75) is 36.7 Å². The second kappa shape index (κ2) is 3.74. The maximum absolute atomic E-state index is 11.0. The van der Waals surface area contributed by atoms with Crippen LogP contribution in [0.1, 0.15) is 26.7 Å². The zero-order chi connectivity index (χ0) is 8.43. The Morgan fingerprint density at radius 1 is 1.64 bits per heavy atom. The number of carbonyl (C=O) groups excluding carboxylic acids is 1. The van der Waals surface area contributed by atoms with E-state index in [0.717, 1.165) is 12.8 Å². The van der Waals surface area contributed by atoms with Gasteiger partial charge in [-0.05, 0) is 6.42 Å². The monoisotopic (exact) mass is 268 g/mol. The van der Waals surface area contributed by atoms with Gasteiger partial charge in [-0.25, -0.2) is 0 Å². The third kappa shape index (κ3) is 1.86. The Hall–Kier alpha value is 0.200. The molecular formula is C8H13IO2. The van der Waals surface area contributed by atoms with Crippen LogP contribution in [0.2, 0.25) is 0 Å². The van der Waals surface area contributed by atoms with Gasteiger partial charge in [0.1, 0.15) is 6.10 Å². The van der Waals surface area contributed by atoms with Gasteiger partial charge in [-0.1, -0.05) is 42.9 Å². The lowest BCUT2D eigenvalue weighted by molar-refractivity contribution is -0.144. The Labute approximate surface area is 80.8 Å². The van der Waals surface area contributed by atoms with E-state index in [4.69, 9.17) is 4.74 Å². The van der Waals surface area contributed by atoms with Gasteiger partial charge in [0.2, 0.25) is 0 Å². The van der Waals surface area contributed by atoms with Gasteiger partial charge < -0.3 is 4.74 Å². The standard InChI is InChI=1S/C8H13IO2/c1-3-4-6-7(9)5(2)8(10)11-6/h5-7H,3-4H2,1-2H3/t5-,6+,7-/m1/s1. The van der Waals surface area contributed by atoms with Gasteiger partial charge >= 0.3 is 5.97 Å². The second-order valence-corrected chi connectivity index (χ2v) is 4.44. The summed E-state index contributed by atoms with van der Waals surface area (Å²) in [5.74, 6) is 0.0648. The first-order chi connectivity index (χ1) is 5.16. The summed E-state index contributed by atoms with van der Waals surface area (Å²) in [6.07, 6.45) is 2.26. The molecule has 64 valence electrons. The number of hydrogen-bond acceptors (Lipinski definition) is 2. The van der Waals surface area contributed by atoms with Gasteiger partial charge in [0.25, 0.3) is 0 Å². The van der Waals surface area contributed by atoms with Crippen molar-refractivity contribution in [3.8, 4) is 0 Å². The summed E-state index contributed by atoms with van der Waals surface area (Å²) in [5, 5.41) is 0. The lowest BCUT2D eigenvalue weighted by Crippen LogP contribution is -2.18. The molecule has 1 rings (SSSR count). The zero-order valence-electron chi connectivity index (χ0n) is 6.84. The van der Waals surface area contributed by atoms with Gasteiger partial charge in [-0.2, -0.15) is 0 Å². The fraction of sp³-hybridized carbons (Fsp3) is 0.875. The van der Waals surface area contributed by atoms with Crippen molar-refractivity contribution in [1.29, 1.82) is 0 Å². The van der Waals surface area contributed by atoms with Crippen LogP contribution in [0, 0.1) is 5.92 Å². The average Bonchev–Trinajstić information content (AvgIpc) is 2.19. The van der Waals surface area contributed by atoms with E-state index in [-0.39, 0.29) is 18.0 Å². The van der Waals surface area contributed by atoms with Crippen molar-refractivity contribution in [3.63, 3.8) is 0 Å². The molecule has 3 atom stereocenters. The molecule has 0 spiro atoms. The summed E-state index contributed by atoms with van der Waals surface area (Å²) in [6, 6.07) is 0. The Kier molecular flexibility index (Phi) is 3.16. The lowest BCUT2D eigenvalue weighted by Gasteiger charge is -2.11. The van der Waals surface area contributed by atoms with Crippen molar-refractivity contribution in [2.75, 3.05) is 0 Å². The molecule has 0 bridgehead atoms. The summed E-state index contributed by atoms with van der Waals surface area (Å²) >= 11 is 2.31. The summed E-state index contributed by atoms with van der Waals surface area (Å²) in [7, 11) is 0. The third-order valence-corrected chi connectivity index (χ3v) is 3.93. The highest BCUT2D eigenvalue weighted by molar-refractivity contribution is 14.1. The van der Waals surface area contributed by atoms with Gasteiger partial charge in [0.15, 0.2) is 0 Å². The van der Waals surface area contributed by atoms with Crippen molar-refractivity contribution in [2.24, 2.45) is 5.92 Å². The van der Waals surface area contributed by atoms with Crippen LogP contribution in [0.4, 0.5) is 0 Å². The minimum atomic E-state index is -0.0251. The molecule has 0 unspecified atom stereocenters. The molecular weight excluding hydrogens is 255 g/mol. The van der Waals surface area contributed by atoms with E-state index in [0.29, 0.717) is 3.92 Å². The van der Waals surface area contributed by atoms with Crippen LogP contribution in [0.15, 0.2) is 0 Å².